The molecule has 2 N–H and O–H groups in total. The monoisotopic (exact) mass is 456 g/mol. The Hall–Kier alpha value is -3.84. The van der Waals surface area contributed by atoms with Gasteiger partial charge in [-0.25, -0.2) is 4.79 Å². The molecule has 1 saturated heterocycles. The van der Waals surface area contributed by atoms with Crippen molar-refractivity contribution in [2.24, 2.45) is 0 Å². The number of hydrogen-bond acceptors (Lipinski definition) is 5. The van der Waals surface area contributed by atoms with E-state index in [0.29, 0.717) is 17.7 Å². The summed E-state index contributed by atoms with van der Waals surface area (Å²) in [6.45, 7) is 5.31. The summed E-state index contributed by atoms with van der Waals surface area (Å²) in [6.07, 6.45) is -0.541. The lowest BCUT2D eigenvalue weighted by molar-refractivity contribution is 0.0692. The minimum absolute atomic E-state index is 0.187. The number of nitrogens with zero attached hydrogens (tertiary/aromatic N) is 3. The van der Waals surface area contributed by atoms with Crippen LogP contribution in [0.3, 0.4) is 0 Å². The molecular formula is C27H28N4O3. The number of hydrogen-bond donors (Lipinski definition) is 2. The molecule has 34 heavy (non-hydrogen) atoms. The third-order valence-corrected chi connectivity index (χ3v) is 6.67. The maximum Gasteiger partial charge on any atom is 0.336 e. The molecule has 3 aromatic rings. The number of benzene rings is 3. The number of anilines is 2. The summed E-state index contributed by atoms with van der Waals surface area (Å²) < 4.78 is 0. The molecule has 2 aliphatic rings. The highest BCUT2D eigenvalue weighted by Gasteiger charge is 2.34. The van der Waals surface area contributed by atoms with E-state index in [1.165, 1.54) is 5.69 Å². The van der Waals surface area contributed by atoms with Gasteiger partial charge in [0.1, 0.15) is 6.17 Å². The predicted molar refractivity (Wildman–Crippen MR) is 132 cm³/mol. The molecule has 1 unspecified atom stereocenters. The zero-order chi connectivity index (χ0) is 23.5. The Morgan fingerprint density at radius 2 is 1.53 bits per heavy atom. The predicted octanol–water partition coefficient (Wildman–Crippen LogP) is 3.46. The van der Waals surface area contributed by atoms with E-state index in [-0.39, 0.29) is 11.5 Å². The Kier molecular flexibility index (Phi) is 6.18. The van der Waals surface area contributed by atoms with E-state index in [4.69, 9.17) is 0 Å². The molecule has 7 heteroatoms. The third kappa shape index (κ3) is 4.34. The highest BCUT2D eigenvalue weighted by atomic mass is 16.4. The zero-order valence-electron chi connectivity index (χ0n) is 18.9. The molecule has 1 fully saturated rings. The van der Waals surface area contributed by atoms with Gasteiger partial charge >= 0.3 is 5.97 Å². The van der Waals surface area contributed by atoms with Crippen molar-refractivity contribution in [3.05, 3.63) is 95.6 Å². The number of nitrogens with one attached hydrogen (secondary N) is 1. The number of carboxylic acids is 1. The maximum absolute atomic E-state index is 12.9. The summed E-state index contributed by atoms with van der Waals surface area (Å²) in [4.78, 5) is 31.7. The maximum atomic E-state index is 12.9. The van der Waals surface area contributed by atoms with E-state index in [1.807, 2.05) is 36.4 Å². The number of aromatic carboxylic acids is 1. The molecule has 0 bridgehead atoms. The first-order chi connectivity index (χ1) is 16.6. The topological polar surface area (TPSA) is 76.1 Å². The smallest absolute Gasteiger partial charge is 0.336 e. The Balaban J connectivity index is 1.35. The third-order valence-electron chi connectivity index (χ3n) is 6.67. The van der Waals surface area contributed by atoms with Gasteiger partial charge in [0, 0.05) is 50.5 Å². The number of para-hydroxylation sites is 2. The molecule has 1 atom stereocenters. The van der Waals surface area contributed by atoms with Gasteiger partial charge in [-0.3, -0.25) is 9.69 Å². The summed E-state index contributed by atoms with van der Waals surface area (Å²) in [5.74, 6) is -1.19. The zero-order valence-corrected chi connectivity index (χ0v) is 18.9. The Morgan fingerprint density at radius 1 is 0.853 bits per heavy atom. The molecule has 0 aliphatic carbocycles. The molecule has 174 valence electrons. The second-order valence-electron chi connectivity index (χ2n) is 8.64. The molecule has 7 nitrogen and oxygen atoms in total. The molecule has 2 heterocycles. The molecule has 0 aromatic heterocycles. The lowest BCUT2D eigenvalue weighted by Crippen LogP contribution is -2.52. The molecular weight excluding hydrogens is 428 g/mol. The van der Waals surface area contributed by atoms with Gasteiger partial charge in [-0.05, 0) is 30.3 Å². The SMILES string of the molecule is O=C(O)c1ccccc1C1NC(=O)c2ccccc2N1CCN1CCN(c2ccccc2)CC1. The van der Waals surface area contributed by atoms with Crippen molar-refractivity contribution in [2.75, 3.05) is 49.1 Å². The minimum atomic E-state index is -0.999. The van der Waals surface area contributed by atoms with Crippen LogP contribution >= 0.6 is 0 Å². The van der Waals surface area contributed by atoms with Crippen molar-refractivity contribution >= 4 is 23.3 Å². The van der Waals surface area contributed by atoms with Gasteiger partial charge < -0.3 is 20.2 Å². The number of carbonyl (C=O) groups excluding carboxylic acids is 1. The molecule has 0 saturated carbocycles. The van der Waals surface area contributed by atoms with Crippen LogP contribution in [0, 0.1) is 0 Å². The number of fused-ring (bicyclic) bond motifs is 1. The Bertz CT molecular complexity index is 1180. The van der Waals surface area contributed by atoms with Crippen LogP contribution in [-0.4, -0.2) is 61.2 Å². The standard InChI is InChI=1S/C27H28N4O3/c32-26-23-12-6-7-13-24(23)31(25(28-26)21-10-4-5-11-22(21)27(33)34)19-16-29-14-17-30(18-15-29)20-8-2-1-3-9-20/h1-13,25H,14-19H2,(H,28,32)(H,33,34). The van der Waals surface area contributed by atoms with Crippen LogP contribution in [0.1, 0.15) is 32.4 Å². The molecule has 0 spiro atoms. The number of rotatable bonds is 6. The fraction of sp³-hybridized carbons (Fsp3) is 0.259. The van der Waals surface area contributed by atoms with Crippen LogP contribution in [0.5, 0.6) is 0 Å². The molecule has 5 rings (SSSR count). The average molecular weight is 457 g/mol. The van der Waals surface area contributed by atoms with Crippen molar-refractivity contribution in [3.63, 3.8) is 0 Å². The normalized spacial score (nSPS) is 18.4. The van der Waals surface area contributed by atoms with Crippen LogP contribution in [0.15, 0.2) is 78.9 Å². The van der Waals surface area contributed by atoms with Crippen LogP contribution < -0.4 is 15.1 Å². The average Bonchev–Trinajstić information content (AvgIpc) is 2.89. The molecule has 2 aliphatic heterocycles. The Morgan fingerprint density at radius 3 is 2.29 bits per heavy atom. The fourth-order valence-corrected chi connectivity index (χ4v) is 4.88. The van der Waals surface area contributed by atoms with E-state index in [2.05, 4.69) is 44.3 Å². The van der Waals surface area contributed by atoms with Gasteiger partial charge in [0.05, 0.1) is 16.8 Å². The minimum Gasteiger partial charge on any atom is -0.478 e. The molecule has 3 aromatic carbocycles. The van der Waals surface area contributed by atoms with Gasteiger partial charge in [-0.2, -0.15) is 0 Å². The van der Waals surface area contributed by atoms with Gasteiger partial charge in [-0.1, -0.05) is 48.5 Å². The second kappa shape index (κ2) is 9.57. The highest BCUT2D eigenvalue weighted by molar-refractivity contribution is 6.02. The summed E-state index contributed by atoms with van der Waals surface area (Å²) >= 11 is 0. The quantitative estimate of drug-likeness (QED) is 0.592. The summed E-state index contributed by atoms with van der Waals surface area (Å²) in [6, 6.07) is 24.9. The van der Waals surface area contributed by atoms with Crippen LogP contribution in [0.25, 0.3) is 0 Å². The van der Waals surface area contributed by atoms with E-state index >= 15 is 0 Å². The van der Waals surface area contributed by atoms with Crippen molar-refractivity contribution in [3.8, 4) is 0 Å². The fourth-order valence-electron chi connectivity index (χ4n) is 4.88. The van der Waals surface area contributed by atoms with Gasteiger partial charge in [0.15, 0.2) is 0 Å². The largest absolute Gasteiger partial charge is 0.478 e. The number of carboxylic acid groups (broad SMARTS) is 1. The van der Waals surface area contributed by atoms with E-state index in [1.54, 1.807) is 18.2 Å². The highest BCUT2D eigenvalue weighted by Crippen LogP contribution is 2.34. The first kappa shape index (κ1) is 22.0. The summed E-state index contributed by atoms with van der Waals surface area (Å²) in [5.41, 5.74) is 3.49. The first-order valence-corrected chi connectivity index (χ1v) is 11.6. The van der Waals surface area contributed by atoms with Gasteiger partial charge in [0.25, 0.3) is 5.91 Å². The Labute approximate surface area is 199 Å². The lowest BCUT2D eigenvalue weighted by Gasteiger charge is -2.42. The summed E-state index contributed by atoms with van der Waals surface area (Å²) in [5, 5.41) is 12.8. The van der Waals surface area contributed by atoms with Gasteiger partial charge in [0.2, 0.25) is 0 Å². The molecule has 1 amide bonds. The van der Waals surface area contributed by atoms with E-state index in [9.17, 15) is 14.7 Å². The second-order valence-corrected chi connectivity index (χ2v) is 8.64. The number of piperazine rings is 1. The van der Waals surface area contributed by atoms with Crippen molar-refractivity contribution in [2.45, 2.75) is 6.17 Å². The van der Waals surface area contributed by atoms with Crippen LogP contribution in [0.4, 0.5) is 11.4 Å². The van der Waals surface area contributed by atoms with Crippen LogP contribution in [0.2, 0.25) is 0 Å². The van der Waals surface area contributed by atoms with Crippen molar-refractivity contribution in [1.82, 2.24) is 10.2 Å². The van der Waals surface area contributed by atoms with Crippen LogP contribution in [-0.2, 0) is 0 Å². The number of amides is 1. The summed E-state index contributed by atoms with van der Waals surface area (Å²) in [7, 11) is 0. The lowest BCUT2D eigenvalue weighted by atomic mass is 9.99. The van der Waals surface area contributed by atoms with Crippen molar-refractivity contribution < 1.29 is 14.7 Å². The first-order valence-electron chi connectivity index (χ1n) is 11.6. The van der Waals surface area contributed by atoms with Crippen molar-refractivity contribution in [1.29, 1.82) is 0 Å². The number of carbonyl (C=O) groups is 2. The van der Waals surface area contributed by atoms with E-state index in [0.717, 1.165) is 38.4 Å². The molecule has 0 radical (unpaired) electrons. The van der Waals surface area contributed by atoms with E-state index < -0.39 is 12.1 Å². The van der Waals surface area contributed by atoms with Gasteiger partial charge in [-0.15, -0.1) is 0 Å².